The minimum atomic E-state index is -0.365. The molecule has 0 aliphatic heterocycles. The quantitative estimate of drug-likeness (QED) is 0.810. The summed E-state index contributed by atoms with van der Waals surface area (Å²) in [6.07, 6.45) is 0. The topological polar surface area (TPSA) is 67.4 Å². The van der Waals surface area contributed by atoms with Crippen LogP contribution in [-0.2, 0) is 11.4 Å². The van der Waals surface area contributed by atoms with Gasteiger partial charge in [-0.05, 0) is 25.1 Å². The summed E-state index contributed by atoms with van der Waals surface area (Å²) >= 11 is 6.10. The molecular weight excluding hydrogens is 328 g/mol. The third-order valence-electron chi connectivity index (χ3n) is 3.26. The summed E-state index contributed by atoms with van der Waals surface area (Å²) in [5.74, 6) is -0.165. The lowest BCUT2D eigenvalue weighted by atomic mass is 10.2. The van der Waals surface area contributed by atoms with Crippen LogP contribution in [0.3, 0.4) is 0 Å². The van der Waals surface area contributed by atoms with Gasteiger partial charge in [0.1, 0.15) is 12.4 Å². The number of ether oxygens (including phenoxy) is 1. The van der Waals surface area contributed by atoms with Crippen molar-refractivity contribution in [2.24, 2.45) is 0 Å². The summed E-state index contributed by atoms with van der Waals surface area (Å²) in [5.41, 5.74) is 1.20. The number of nitrogens with one attached hydrogen (secondary N) is 2. The Morgan fingerprint density at radius 3 is 2.50 bits per heavy atom. The number of halogens is 1. The zero-order chi connectivity index (χ0) is 17.4. The predicted octanol–water partition coefficient (Wildman–Crippen LogP) is 2.78. The molecule has 0 atom stereocenters. The minimum Gasteiger partial charge on any atom is -0.488 e. The summed E-state index contributed by atoms with van der Waals surface area (Å²) in [7, 11) is 0. The van der Waals surface area contributed by atoms with E-state index in [2.05, 4.69) is 10.6 Å². The highest BCUT2D eigenvalue weighted by molar-refractivity contribution is 6.31. The summed E-state index contributed by atoms with van der Waals surface area (Å²) in [6.45, 7) is 2.51. The first-order chi connectivity index (χ1) is 11.6. The first-order valence-electron chi connectivity index (χ1n) is 7.62. The SMILES string of the molecule is CCNC(=O)CNC(=O)c1ccccc1OCc1ccccc1Cl. The lowest BCUT2D eigenvalue weighted by Gasteiger charge is -2.12. The third kappa shape index (κ3) is 4.99. The van der Waals surface area contributed by atoms with Crippen LogP contribution in [-0.4, -0.2) is 24.9 Å². The van der Waals surface area contributed by atoms with E-state index in [9.17, 15) is 9.59 Å². The molecule has 126 valence electrons. The lowest BCUT2D eigenvalue weighted by Crippen LogP contribution is -2.36. The molecule has 0 aliphatic rings. The van der Waals surface area contributed by atoms with Gasteiger partial charge in [-0.3, -0.25) is 9.59 Å². The Bertz CT molecular complexity index is 719. The molecule has 2 aromatic rings. The van der Waals surface area contributed by atoms with Crippen molar-refractivity contribution in [2.45, 2.75) is 13.5 Å². The Hall–Kier alpha value is -2.53. The highest BCUT2D eigenvalue weighted by Gasteiger charge is 2.13. The smallest absolute Gasteiger partial charge is 0.255 e. The second kappa shape index (κ2) is 8.93. The second-order valence-corrected chi connectivity index (χ2v) is 5.42. The van der Waals surface area contributed by atoms with Crippen molar-refractivity contribution in [3.05, 3.63) is 64.7 Å². The van der Waals surface area contributed by atoms with Gasteiger partial charge in [0.25, 0.3) is 5.91 Å². The van der Waals surface area contributed by atoms with Gasteiger partial charge < -0.3 is 15.4 Å². The van der Waals surface area contributed by atoms with Crippen molar-refractivity contribution in [1.29, 1.82) is 0 Å². The van der Waals surface area contributed by atoms with Crippen molar-refractivity contribution in [3.63, 3.8) is 0 Å². The highest BCUT2D eigenvalue weighted by Crippen LogP contribution is 2.21. The van der Waals surface area contributed by atoms with Crippen molar-refractivity contribution < 1.29 is 14.3 Å². The standard InChI is InChI=1S/C18H19ClN2O3/c1-2-20-17(22)11-21-18(23)14-8-4-6-10-16(14)24-12-13-7-3-5-9-15(13)19/h3-10H,2,11-12H2,1H3,(H,20,22)(H,21,23). The van der Waals surface area contributed by atoms with Crippen LogP contribution in [0, 0.1) is 0 Å². The fourth-order valence-electron chi connectivity index (χ4n) is 2.07. The normalized spacial score (nSPS) is 10.1. The van der Waals surface area contributed by atoms with Gasteiger partial charge in [-0.1, -0.05) is 41.9 Å². The number of carbonyl (C=O) groups excluding carboxylic acids is 2. The Kier molecular flexibility index (Phi) is 6.63. The molecule has 0 radical (unpaired) electrons. The maximum absolute atomic E-state index is 12.3. The van der Waals surface area contributed by atoms with E-state index in [1.807, 2.05) is 25.1 Å². The van der Waals surface area contributed by atoms with E-state index >= 15 is 0 Å². The summed E-state index contributed by atoms with van der Waals surface area (Å²) < 4.78 is 5.73. The van der Waals surface area contributed by atoms with Crippen LogP contribution in [0.5, 0.6) is 5.75 Å². The van der Waals surface area contributed by atoms with Gasteiger partial charge in [0, 0.05) is 17.1 Å². The molecule has 0 bridgehead atoms. The molecule has 0 saturated carbocycles. The summed E-state index contributed by atoms with van der Waals surface area (Å²) in [4.78, 5) is 23.7. The fraction of sp³-hybridized carbons (Fsp3) is 0.222. The third-order valence-corrected chi connectivity index (χ3v) is 3.62. The average molecular weight is 347 g/mol. The van der Waals surface area contributed by atoms with Gasteiger partial charge in [-0.2, -0.15) is 0 Å². The van der Waals surface area contributed by atoms with E-state index in [1.165, 1.54) is 0 Å². The van der Waals surface area contributed by atoms with E-state index < -0.39 is 0 Å². The molecule has 0 unspecified atom stereocenters. The first kappa shape index (κ1) is 17.8. The van der Waals surface area contributed by atoms with Gasteiger partial charge in [-0.15, -0.1) is 0 Å². The van der Waals surface area contributed by atoms with Crippen LogP contribution in [0.15, 0.2) is 48.5 Å². The summed E-state index contributed by atoms with van der Waals surface area (Å²) in [5, 5.41) is 5.80. The van der Waals surface area contributed by atoms with Crippen molar-refractivity contribution in [1.82, 2.24) is 10.6 Å². The monoisotopic (exact) mass is 346 g/mol. The van der Waals surface area contributed by atoms with Gasteiger partial charge in [0.2, 0.25) is 5.91 Å². The van der Waals surface area contributed by atoms with Crippen LogP contribution >= 0.6 is 11.6 Å². The molecule has 0 aliphatic carbocycles. The molecule has 0 aromatic heterocycles. The van der Waals surface area contributed by atoms with E-state index in [0.29, 0.717) is 22.9 Å². The highest BCUT2D eigenvalue weighted by atomic mass is 35.5. The number of likely N-dealkylation sites (N-methyl/N-ethyl adjacent to an activating group) is 1. The number of amides is 2. The second-order valence-electron chi connectivity index (χ2n) is 5.01. The molecule has 0 heterocycles. The van der Waals surface area contributed by atoms with E-state index in [4.69, 9.17) is 16.3 Å². The molecule has 0 saturated heterocycles. The van der Waals surface area contributed by atoms with Gasteiger partial charge in [0.15, 0.2) is 0 Å². The Morgan fingerprint density at radius 2 is 1.75 bits per heavy atom. The lowest BCUT2D eigenvalue weighted by molar-refractivity contribution is -0.120. The zero-order valence-electron chi connectivity index (χ0n) is 13.3. The molecule has 2 aromatic carbocycles. The van der Waals surface area contributed by atoms with Gasteiger partial charge in [0.05, 0.1) is 12.1 Å². The van der Waals surface area contributed by atoms with Crippen LogP contribution in [0.4, 0.5) is 0 Å². The number of hydrogen-bond donors (Lipinski definition) is 2. The number of benzene rings is 2. The fourth-order valence-corrected chi connectivity index (χ4v) is 2.26. The van der Waals surface area contributed by atoms with Crippen molar-refractivity contribution in [2.75, 3.05) is 13.1 Å². The maximum Gasteiger partial charge on any atom is 0.255 e. The van der Waals surface area contributed by atoms with Gasteiger partial charge in [-0.25, -0.2) is 0 Å². The number of rotatable bonds is 7. The summed E-state index contributed by atoms with van der Waals surface area (Å²) in [6, 6.07) is 14.2. The molecular formula is C18H19ClN2O3. The van der Waals surface area contributed by atoms with E-state index in [0.717, 1.165) is 5.56 Å². The number of carbonyl (C=O) groups is 2. The predicted molar refractivity (Wildman–Crippen MR) is 93.2 cm³/mol. The largest absolute Gasteiger partial charge is 0.488 e. The van der Waals surface area contributed by atoms with Crippen molar-refractivity contribution in [3.8, 4) is 5.75 Å². The van der Waals surface area contributed by atoms with Crippen LogP contribution in [0.2, 0.25) is 5.02 Å². The molecule has 2 rings (SSSR count). The molecule has 2 amide bonds. The molecule has 0 fully saturated rings. The number of hydrogen-bond acceptors (Lipinski definition) is 3. The van der Waals surface area contributed by atoms with Crippen LogP contribution < -0.4 is 15.4 Å². The first-order valence-corrected chi connectivity index (χ1v) is 7.99. The molecule has 0 spiro atoms. The Morgan fingerprint density at radius 1 is 1.04 bits per heavy atom. The molecule has 5 nitrogen and oxygen atoms in total. The van der Waals surface area contributed by atoms with Crippen LogP contribution in [0.1, 0.15) is 22.8 Å². The minimum absolute atomic E-state index is 0.0779. The van der Waals surface area contributed by atoms with Crippen LogP contribution in [0.25, 0.3) is 0 Å². The van der Waals surface area contributed by atoms with Crippen molar-refractivity contribution >= 4 is 23.4 Å². The average Bonchev–Trinajstić information content (AvgIpc) is 2.59. The molecule has 6 heteroatoms. The Balaban J connectivity index is 2.03. The molecule has 2 N–H and O–H groups in total. The Labute approximate surface area is 146 Å². The number of para-hydroxylation sites is 1. The maximum atomic E-state index is 12.3. The van der Waals surface area contributed by atoms with Gasteiger partial charge >= 0.3 is 0 Å². The van der Waals surface area contributed by atoms with E-state index in [1.54, 1.807) is 30.3 Å². The molecule has 24 heavy (non-hydrogen) atoms. The zero-order valence-corrected chi connectivity index (χ0v) is 14.1. The van der Waals surface area contributed by atoms with E-state index in [-0.39, 0.29) is 25.0 Å².